The number of benzene rings is 2. The third-order valence-electron chi connectivity index (χ3n) is 5.52. The average molecular weight is 417 g/mol. The molecule has 0 spiro atoms. The Bertz CT molecular complexity index is 956. The monoisotopic (exact) mass is 417 g/mol. The van der Waals surface area contributed by atoms with Crippen molar-refractivity contribution in [2.45, 2.75) is 38.2 Å². The van der Waals surface area contributed by atoms with Gasteiger partial charge in [-0.15, -0.1) is 0 Å². The topological polar surface area (TPSA) is 38.8 Å². The second-order valence-electron chi connectivity index (χ2n) is 7.63. The highest BCUT2D eigenvalue weighted by Crippen LogP contribution is 2.36. The quantitative estimate of drug-likeness (QED) is 0.689. The molecule has 2 atom stereocenters. The van der Waals surface area contributed by atoms with E-state index in [9.17, 15) is 18.0 Å². The normalized spacial score (nSPS) is 21.2. The minimum atomic E-state index is -4.37. The lowest BCUT2D eigenvalue weighted by molar-refractivity contribution is -0.138. The number of hydrogen-bond acceptors (Lipinski definition) is 3. The highest BCUT2D eigenvalue weighted by atomic mass is 19.4. The van der Waals surface area contributed by atoms with Crippen LogP contribution < -0.4 is 0 Å². The number of carbonyl (C=O) groups excluding carboxylic acids is 1. The number of rotatable bonds is 3. The van der Waals surface area contributed by atoms with Gasteiger partial charge in [0.25, 0.3) is 0 Å². The fourth-order valence-corrected chi connectivity index (χ4v) is 4.07. The van der Waals surface area contributed by atoms with E-state index in [1.807, 2.05) is 36.4 Å². The lowest BCUT2D eigenvalue weighted by atomic mass is 9.89. The number of hydrogen-bond donors (Lipinski definition) is 0. The molecular formula is C23H22F3NO3. The summed E-state index contributed by atoms with van der Waals surface area (Å²) in [5.41, 5.74) is 2.14. The van der Waals surface area contributed by atoms with Crippen molar-refractivity contribution in [3.8, 4) is 0 Å². The van der Waals surface area contributed by atoms with Crippen LogP contribution in [0.15, 0.2) is 54.6 Å². The van der Waals surface area contributed by atoms with Crippen LogP contribution in [-0.4, -0.2) is 36.3 Å². The molecule has 2 heterocycles. The highest BCUT2D eigenvalue weighted by molar-refractivity contribution is 5.75. The van der Waals surface area contributed by atoms with Crippen LogP contribution in [0.2, 0.25) is 0 Å². The Hall–Kier alpha value is -2.80. The minimum Gasteiger partial charge on any atom is -0.445 e. The largest absolute Gasteiger partial charge is 0.445 e. The highest BCUT2D eigenvalue weighted by Gasteiger charge is 2.39. The Balaban J connectivity index is 1.52. The number of morpholine rings is 1. The van der Waals surface area contributed by atoms with Crippen molar-refractivity contribution in [1.82, 2.24) is 4.90 Å². The van der Waals surface area contributed by atoms with Crippen molar-refractivity contribution in [1.29, 1.82) is 0 Å². The van der Waals surface area contributed by atoms with Gasteiger partial charge in [0.05, 0.1) is 30.9 Å². The van der Waals surface area contributed by atoms with E-state index in [-0.39, 0.29) is 24.3 Å². The molecule has 0 aromatic heterocycles. The third-order valence-corrected chi connectivity index (χ3v) is 5.52. The average Bonchev–Trinajstić information content (AvgIpc) is 2.70. The van der Waals surface area contributed by atoms with Gasteiger partial charge in [-0.2, -0.15) is 13.2 Å². The summed E-state index contributed by atoms with van der Waals surface area (Å²) in [5, 5.41) is 0. The Morgan fingerprint density at radius 1 is 1.17 bits per heavy atom. The molecule has 4 rings (SSSR count). The molecule has 2 unspecified atom stereocenters. The summed E-state index contributed by atoms with van der Waals surface area (Å²) < 4.78 is 50.3. The molecule has 4 nitrogen and oxygen atoms in total. The first-order chi connectivity index (χ1) is 14.3. The molecule has 2 bridgehead atoms. The van der Waals surface area contributed by atoms with Gasteiger partial charge >= 0.3 is 12.3 Å². The Morgan fingerprint density at radius 3 is 2.60 bits per heavy atom. The number of nitrogens with zero attached hydrogens (tertiary/aromatic N) is 1. The zero-order valence-corrected chi connectivity index (χ0v) is 16.5. The number of alkyl halides is 3. The summed E-state index contributed by atoms with van der Waals surface area (Å²) in [4.78, 5) is 14.4. The van der Waals surface area contributed by atoms with Gasteiger partial charge in [0, 0.05) is 0 Å². The van der Waals surface area contributed by atoms with Crippen LogP contribution in [0.1, 0.15) is 28.7 Å². The van der Waals surface area contributed by atoms with Gasteiger partial charge in [0.15, 0.2) is 0 Å². The summed E-state index contributed by atoms with van der Waals surface area (Å²) in [5.74, 6) is 0. The Kier molecular flexibility index (Phi) is 5.56. The predicted octanol–water partition coefficient (Wildman–Crippen LogP) is 5.21. The summed E-state index contributed by atoms with van der Waals surface area (Å²) in [6.07, 6.45) is -2.37. The molecular weight excluding hydrogens is 395 g/mol. The van der Waals surface area contributed by atoms with Crippen LogP contribution in [0.3, 0.4) is 0 Å². The minimum absolute atomic E-state index is 0.186. The number of halogens is 3. The second kappa shape index (κ2) is 8.14. The van der Waals surface area contributed by atoms with Gasteiger partial charge < -0.3 is 9.47 Å². The van der Waals surface area contributed by atoms with Crippen molar-refractivity contribution in [2.75, 3.05) is 13.2 Å². The van der Waals surface area contributed by atoms with E-state index in [0.717, 1.165) is 22.8 Å². The van der Waals surface area contributed by atoms with E-state index in [4.69, 9.17) is 9.47 Å². The number of amides is 1. The predicted molar refractivity (Wildman–Crippen MR) is 106 cm³/mol. The van der Waals surface area contributed by atoms with Crippen LogP contribution in [0.5, 0.6) is 0 Å². The molecule has 1 fully saturated rings. The zero-order valence-electron chi connectivity index (χ0n) is 16.5. The molecule has 0 N–H and O–H groups in total. The van der Waals surface area contributed by atoms with E-state index in [0.29, 0.717) is 19.6 Å². The maximum Gasteiger partial charge on any atom is 0.416 e. The molecule has 2 aliphatic rings. The van der Waals surface area contributed by atoms with Crippen molar-refractivity contribution in [3.05, 3.63) is 76.9 Å². The van der Waals surface area contributed by atoms with E-state index in [1.54, 1.807) is 11.0 Å². The number of aryl methyl sites for hydroxylation is 1. The van der Waals surface area contributed by atoms with E-state index < -0.39 is 17.8 Å². The molecule has 0 aliphatic carbocycles. The number of carbonyl (C=O) groups is 1. The summed E-state index contributed by atoms with van der Waals surface area (Å²) in [6, 6.07) is 13.1. The fourth-order valence-electron chi connectivity index (χ4n) is 4.07. The van der Waals surface area contributed by atoms with Gasteiger partial charge in [0.1, 0.15) is 6.61 Å². The summed E-state index contributed by atoms with van der Waals surface area (Å²) in [7, 11) is 0. The third kappa shape index (κ3) is 4.21. The molecule has 2 aromatic rings. The number of fused-ring (bicyclic) bond motifs is 2. The van der Waals surface area contributed by atoms with Crippen LogP contribution in [0.4, 0.5) is 18.0 Å². The van der Waals surface area contributed by atoms with Crippen LogP contribution in [0, 0.1) is 6.92 Å². The zero-order chi connectivity index (χ0) is 21.3. The van der Waals surface area contributed by atoms with Gasteiger partial charge in [-0.25, -0.2) is 4.79 Å². The van der Waals surface area contributed by atoms with Crippen molar-refractivity contribution in [3.63, 3.8) is 0 Å². The smallest absolute Gasteiger partial charge is 0.416 e. The van der Waals surface area contributed by atoms with E-state index in [1.165, 1.54) is 13.0 Å². The lowest BCUT2D eigenvalue weighted by Crippen LogP contribution is -2.56. The summed E-state index contributed by atoms with van der Waals surface area (Å²) in [6.45, 7) is 2.35. The standard InChI is InChI=1S/C23H22F3NO3/c1-15-9-17(7-8-21(15)23(24,25)26)18-10-19-13-29-14-20(11-18)27(19)22(28)30-12-16-5-3-2-4-6-16/h2-10,19-20H,11-14H2,1H3. The first kappa shape index (κ1) is 20.5. The molecule has 2 aliphatic heterocycles. The van der Waals surface area contributed by atoms with Crippen LogP contribution in [-0.2, 0) is 22.3 Å². The Labute approximate surface area is 172 Å². The number of ether oxygens (including phenoxy) is 2. The first-order valence-corrected chi connectivity index (χ1v) is 9.78. The fraction of sp³-hybridized carbons (Fsp3) is 0.348. The molecule has 2 aromatic carbocycles. The Morgan fingerprint density at radius 2 is 1.93 bits per heavy atom. The molecule has 0 saturated carbocycles. The van der Waals surface area contributed by atoms with Gasteiger partial charge in [-0.05, 0) is 41.7 Å². The summed E-state index contributed by atoms with van der Waals surface area (Å²) >= 11 is 0. The molecule has 30 heavy (non-hydrogen) atoms. The lowest BCUT2D eigenvalue weighted by Gasteiger charge is -2.43. The molecule has 158 valence electrons. The second-order valence-corrected chi connectivity index (χ2v) is 7.63. The van der Waals surface area contributed by atoms with Crippen molar-refractivity contribution in [2.24, 2.45) is 0 Å². The van der Waals surface area contributed by atoms with E-state index >= 15 is 0 Å². The SMILES string of the molecule is Cc1cc(C2=CC3COCC(C2)N3C(=O)OCc2ccccc2)ccc1C(F)(F)F. The van der Waals surface area contributed by atoms with Crippen molar-refractivity contribution < 1.29 is 27.4 Å². The molecule has 0 radical (unpaired) electrons. The van der Waals surface area contributed by atoms with Crippen LogP contribution >= 0.6 is 0 Å². The first-order valence-electron chi connectivity index (χ1n) is 9.78. The molecule has 7 heteroatoms. The molecule has 1 saturated heterocycles. The van der Waals surface area contributed by atoms with Crippen molar-refractivity contribution >= 4 is 11.7 Å². The van der Waals surface area contributed by atoms with Gasteiger partial charge in [0.2, 0.25) is 0 Å². The van der Waals surface area contributed by atoms with Crippen LogP contribution in [0.25, 0.3) is 5.57 Å². The maximum atomic E-state index is 13.1. The molecule has 1 amide bonds. The van der Waals surface area contributed by atoms with E-state index in [2.05, 4.69) is 0 Å². The maximum absolute atomic E-state index is 13.1. The van der Waals surface area contributed by atoms with Gasteiger partial charge in [-0.1, -0.05) is 48.5 Å². The van der Waals surface area contributed by atoms with Gasteiger partial charge in [-0.3, -0.25) is 4.90 Å².